The molecular weight excluding hydrogens is 304 g/mol. The van der Waals surface area contributed by atoms with Gasteiger partial charge in [0.2, 0.25) is 0 Å². The maximum absolute atomic E-state index is 5.76. The van der Waals surface area contributed by atoms with Crippen LogP contribution < -0.4 is 4.74 Å². The Morgan fingerprint density at radius 2 is 1.64 bits per heavy atom. The predicted octanol–water partition coefficient (Wildman–Crippen LogP) is 7.35. The number of benzene rings is 1. The third-order valence-corrected chi connectivity index (χ3v) is 5.77. The van der Waals surface area contributed by atoms with Crippen molar-refractivity contribution in [3.05, 3.63) is 42.5 Å². The van der Waals surface area contributed by atoms with Crippen LogP contribution in [0.15, 0.2) is 36.9 Å². The average Bonchev–Trinajstić information content (AvgIpc) is 2.66. The van der Waals surface area contributed by atoms with Crippen molar-refractivity contribution >= 4 is 0 Å². The van der Waals surface area contributed by atoms with Gasteiger partial charge >= 0.3 is 0 Å². The van der Waals surface area contributed by atoms with E-state index < -0.39 is 0 Å². The molecule has 0 aliphatic heterocycles. The van der Waals surface area contributed by atoms with Crippen LogP contribution in [-0.4, -0.2) is 6.61 Å². The number of hydrogen-bond donors (Lipinski definition) is 0. The van der Waals surface area contributed by atoms with Gasteiger partial charge in [-0.3, -0.25) is 0 Å². The summed E-state index contributed by atoms with van der Waals surface area (Å²) in [6.45, 7) is 6.83. The lowest BCUT2D eigenvalue weighted by Crippen LogP contribution is -2.15. The van der Waals surface area contributed by atoms with Gasteiger partial charge in [-0.1, -0.05) is 76.5 Å². The van der Waals surface area contributed by atoms with Crippen LogP contribution in [0.25, 0.3) is 0 Å². The van der Waals surface area contributed by atoms with E-state index in [2.05, 4.69) is 37.8 Å². The van der Waals surface area contributed by atoms with Crippen LogP contribution in [0.3, 0.4) is 0 Å². The average molecular weight is 343 g/mol. The van der Waals surface area contributed by atoms with Crippen LogP contribution in [0, 0.1) is 11.8 Å². The summed E-state index contributed by atoms with van der Waals surface area (Å²) < 4.78 is 5.76. The van der Waals surface area contributed by atoms with Crippen molar-refractivity contribution in [3.63, 3.8) is 0 Å². The molecule has 1 aromatic rings. The van der Waals surface area contributed by atoms with Crippen molar-refractivity contribution < 1.29 is 4.74 Å². The van der Waals surface area contributed by atoms with E-state index in [1.807, 2.05) is 6.08 Å². The number of aryl methyl sites for hydroxylation is 1. The lowest BCUT2D eigenvalue weighted by molar-refractivity contribution is 0.249. The van der Waals surface area contributed by atoms with E-state index in [0.717, 1.165) is 37.0 Å². The minimum Gasteiger partial charge on any atom is -0.494 e. The molecule has 140 valence electrons. The predicted molar refractivity (Wildman–Crippen MR) is 109 cm³/mol. The Balaban J connectivity index is 1.61. The van der Waals surface area contributed by atoms with Gasteiger partial charge in [0.25, 0.3) is 0 Å². The topological polar surface area (TPSA) is 9.23 Å². The molecule has 0 atom stereocenters. The van der Waals surface area contributed by atoms with Gasteiger partial charge in [0.15, 0.2) is 0 Å². The molecule has 0 saturated heterocycles. The summed E-state index contributed by atoms with van der Waals surface area (Å²) in [6.07, 6.45) is 18.2. The summed E-state index contributed by atoms with van der Waals surface area (Å²) in [7, 11) is 0. The Bertz CT molecular complexity index is 453. The van der Waals surface area contributed by atoms with E-state index in [1.165, 1.54) is 69.8 Å². The van der Waals surface area contributed by atoms with Crippen LogP contribution in [0.1, 0.15) is 83.1 Å². The molecular formula is C24H38O. The molecule has 0 amide bonds. The quantitative estimate of drug-likeness (QED) is 0.285. The lowest BCUT2D eigenvalue weighted by Gasteiger charge is -2.28. The maximum Gasteiger partial charge on any atom is 0.119 e. The van der Waals surface area contributed by atoms with Gasteiger partial charge in [-0.05, 0) is 55.2 Å². The molecule has 1 aliphatic rings. The number of unbranched alkanes of at least 4 members (excludes halogenated alkanes) is 3. The Morgan fingerprint density at radius 1 is 0.960 bits per heavy atom. The summed E-state index contributed by atoms with van der Waals surface area (Å²) in [5, 5.41) is 0. The molecule has 1 heteroatoms. The fraction of sp³-hybridized carbons (Fsp3) is 0.667. The summed E-state index contributed by atoms with van der Waals surface area (Å²) in [4.78, 5) is 0. The van der Waals surface area contributed by atoms with Crippen molar-refractivity contribution in [2.75, 3.05) is 6.61 Å². The molecule has 0 aromatic heterocycles. The van der Waals surface area contributed by atoms with Gasteiger partial charge in [-0.25, -0.2) is 0 Å². The first-order chi connectivity index (χ1) is 12.3. The minimum absolute atomic E-state index is 0.785. The molecule has 0 N–H and O–H groups in total. The fourth-order valence-electron chi connectivity index (χ4n) is 4.03. The highest BCUT2D eigenvalue weighted by atomic mass is 16.5. The molecule has 0 spiro atoms. The molecule has 1 saturated carbocycles. The van der Waals surface area contributed by atoms with Gasteiger partial charge in [-0.15, -0.1) is 6.58 Å². The highest BCUT2D eigenvalue weighted by Gasteiger charge is 2.20. The Labute approximate surface area is 155 Å². The standard InChI is InChI=1S/C24H38O/c1-3-5-7-9-21-10-12-22(13-11-21)14-15-23-16-18-24(19-17-23)25-20-8-6-4-2/h4,16-19,21-22H,2-3,5-15,20H2,1H3/t21-,22-. The molecule has 0 radical (unpaired) electrons. The molecule has 1 aliphatic carbocycles. The molecule has 2 rings (SSSR count). The second-order valence-electron chi connectivity index (χ2n) is 7.84. The van der Waals surface area contributed by atoms with E-state index in [4.69, 9.17) is 4.74 Å². The van der Waals surface area contributed by atoms with Gasteiger partial charge < -0.3 is 4.74 Å². The minimum atomic E-state index is 0.785. The van der Waals surface area contributed by atoms with Crippen LogP contribution in [0.2, 0.25) is 0 Å². The van der Waals surface area contributed by atoms with Gasteiger partial charge in [-0.2, -0.15) is 0 Å². The van der Waals surface area contributed by atoms with E-state index in [0.29, 0.717) is 0 Å². The second kappa shape index (κ2) is 12.2. The summed E-state index contributed by atoms with van der Waals surface area (Å²) in [5.41, 5.74) is 1.46. The van der Waals surface area contributed by atoms with Crippen molar-refractivity contribution in [2.24, 2.45) is 11.8 Å². The van der Waals surface area contributed by atoms with Gasteiger partial charge in [0.1, 0.15) is 5.75 Å². The number of ether oxygens (including phenoxy) is 1. The second-order valence-corrected chi connectivity index (χ2v) is 7.84. The zero-order valence-electron chi connectivity index (χ0n) is 16.3. The first-order valence-electron chi connectivity index (χ1n) is 10.6. The first-order valence-corrected chi connectivity index (χ1v) is 10.6. The Kier molecular flexibility index (Phi) is 9.77. The molecule has 0 unspecified atom stereocenters. The molecule has 1 nitrogen and oxygen atoms in total. The van der Waals surface area contributed by atoms with Crippen molar-refractivity contribution in [2.45, 2.75) is 84.0 Å². The fourth-order valence-corrected chi connectivity index (χ4v) is 4.03. The van der Waals surface area contributed by atoms with Crippen LogP contribution in [0.4, 0.5) is 0 Å². The van der Waals surface area contributed by atoms with Gasteiger partial charge in [0.05, 0.1) is 6.61 Å². The van der Waals surface area contributed by atoms with Crippen molar-refractivity contribution in [1.82, 2.24) is 0 Å². The summed E-state index contributed by atoms with van der Waals surface area (Å²) >= 11 is 0. The summed E-state index contributed by atoms with van der Waals surface area (Å²) in [6, 6.07) is 8.76. The molecule has 0 heterocycles. The number of rotatable bonds is 12. The van der Waals surface area contributed by atoms with Crippen LogP contribution >= 0.6 is 0 Å². The van der Waals surface area contributed by atoms with Crippen LogP contribution in [0.5, 0.6) is 5.75 Å². The largest absolute Gasteiger partial charge is 0.494 e. The number of allylic oxidation sites excluding steroid dienone is 1. The zero-order valence-corrected chi connectivity index (χ0v) is 16.3. The Hall–Kier alpha value is -1.24. The Morgan fingerprint density at radius 3 is 2.28 bits per heavy atom. The normalized spacial score (nSPS) is 20.4. The zero-order chi connectivity index (χ0) is 17.7. The van der Waals surface area contributed by atoms with Crippen molar-refractivity contribution in [1.29, 1.82) is 0 Å². The van der Waals surface area contributed by atoms with Crippen molar-refractivity contribution in [3.8, 4) is 5.75 Å². The SMILES string of the molecule is C=CCCCOc1ccc(CC[C@H]2CC[C@H](CCCCC)CC2)cc1. The van der Waals surface area contributed by atoms with E-state index in [9.17, 15) is 0 Å². The highest BCUT2D eigenvalue weighted by molar-refractivity contribution is 5.27. The highest BCUT2D eigenvalue weighted by Crippen LogP contribution is 2.34. The molecule has 0 bridgehead atoms. The lowest BCUT2D eigenvalue weighted by atomic mass is 9.78. The number of hydrogen-bond acceptors (Lipinski definition) is 1. The third-order valence-electron chi connectivity index (χ3n) is 5.77. The van der Waals surface area contributed by atoms with E-state index in [1.54, 1.807) is 0 Å². The van der Waals surface area contributed by atoms with Crippen LogP contribution in [-0.2, 0) is 6.42 Å². The van der Waals surface area contributed by atoms with E-state index >= 15 is 0 Å². The maximum atomic E-state index is 5.76. The molecule has 1 aromatic carbocycles. The molecule has 1 fully saturated rings. The van der Waals surface area contributed by atoms with Gasteiger partial charge in [0, 0.05) is 0 Å². The third kappa shape index (κ3) is 8.12. The molecule has 25 heavy (non-hydrogen) atoms. The van der Waals surface area contributed by atoms with E-state index in [-0.39, 0.29) is 0 Å². The smallest absolute Gasteiger partial charge is 0.119 e. The monoisotopic (exact) mass is 342 g/mol. The first kappa shape index (κ1) is 20.1. The summed E-state index contributed by atoms with van der Waals surface area (Å²) in [5.74, 6) is 2.98.